The molecule has 0 saturated heterocycles. The minimum atomic E-state index is -1.12. The number of hydrogen-bond acceptors (Lipinski definition) is 4. The summed E-state index contributed by atoms with van der Waals surface area (Å²) < 4.78 is 36.4. The van der Waals surface area contributed by atoms with Crippen molar-refractivity contribution in [2.45, 2.75) is 26.5 Å². The number of aromatic carboxylic acids is 1. The minimum absolute atomic E-state index is 0.0126. The van der Waals surface area contributed by atoms with Crippen LogP contribution in [-0.4, -0.2) is 23.1 Å². The second-order valence-corrected chi connectivity index (χ2v) is 5.04. The molecule has 0 aliphatic heterocycles. The Morgan fingerprint density at radius 2 is 2.00 bits per heavy atom. The highest BCUT2D eigenvalue weighted by Crippen LogP contribution is 2.17. The van der Waals surface area contributed by atoms with Crippen LogP contribution < -0.4 is 10.1 Å². The molecule has 1 aromatic heterocycles. The lowest BCUT2D eigenvalue weighted by Crippen LogP contribution is -2.35. The molecular weight excluding hydrogens is 324 g/mol. The van der Waals surface area contributed by atoms with Gasteiger partial charge in [0.1, 0.15) is 22.8 Å². The van der Waals surface area contributed by atoms with Crippen molar-refractivity contribution in [2.24, 2.45) is 0 Å². The van der Waals surface area contributed by atoms with Crippen LogP contribution in [0.25, 0.3) is 0 Å². The first-order valence-corrected chi connectivity index (χ1v) is 7.00. The molecule has 2 rings (SSSR count). The third-order valence-corrected chi connectivity index (χ3v) is 3.21. The van der Waals surface area contributed by atoms with Crippen molar-refractivity contribution >= 4 is 11.9 Å². The third-order valence-electron chi connectivity index (χ3n) is 3.21. The van der Waals surface area contributed by atoms with Crippen LogP contribution in [0.2, 0.25) is 0 Å². The maximum absolute atomic E-state index is 13.1. The second kappa shape index (κ2) is 7.12. The van der Waals surface area contributed by atoms with Gasteiger partial charge in [-0.3, -0.25) is 4.79 Å². The predicted molar refractivity (Wildman–Crippen MR) is 78.7 cm³/mol. The molecule has 24 heavy (non-hydrogen) atoms. The molecule has 1 amide bonds. The SMILES string of the molecule is Cc1oc(CNC(=O)C(C)Oc2ccc(F)c(F)c2)cc1C(=O)O. The highest BCUT2D eigenvalue weighted by molar-refractivity contribution is 5.88. The number of benzene rings is 1. The summed E-state index contributed by atoms with van der Waals surface area (Å²) in [6, 6.07) is 4.26. The lowest BCUT2D eigenvalue weighted by molar-refractivity contribution is -0.127. The monoisotopic (exact) mass is 339 g/mol. The molecule has 2 aromatic rings. The Hall–Kier alpha value is -2.90. The number of rotatable bonds is 6. The second-order valence-electron chi connectivity index (χ2n) is 5.04. The number of halogens is 2. The molecule has 0 aliphatic rings. The van der Waals surface area contributed by atoms with Crippen LogP contribution >= 0.6 is 0 Å². The molecular formula is C16H15F2NO5. The van der Waals surface area contributed by atoms with Crippen LogP contribution in [0.1, 0.15) is 28.8 Å². The fraction of sp³-hybridized carbons (Fsp3) is 0.250. The highest BCUT2D eigenvalue weighted by atomic mass is 19.2. The minimum Gasteiger partial charge on any atom is -0.481 e. The standard InChI is InChI=1S/C16H15F2NO5/c1-8-12(16(21)22)5-11(23-8)7-19-15(20)9(2)24-10-3-4-13(17)14(18)6-10/h3-6,9H,7H2,1-2H3,(H,19,20)(H,21,22). The van der Waals surface area contributed by atoms with Gasteiger partial charge in [0, 0.05) is 6.07 Å². The van der Waals surface area contributed by atoms with E-state index < -0.39 is 29.6 Å². The average Bonchev–Trinajstić information content (AvgIpc) is 2.89. The number of nitrogens with one attached hydrogen (secondary N) is 1. The quantitative estimate of drug-likeness (QED) is 0.845. The van der Waals surface area contributed by atoms with Gasteiger partial charge in [-0.1, -0.05) is 0 Å². The fourth-order valence-electron chi connectivity index (χ4n) is 1.97. The van der Waals surface area contributed by atoms with E-state index in [1.807, 2.05) is 0 Å². The van der Waals surface area contributed by atoms with E-state index in [0.717, 1.165) is 12.1 Å². The molecule has 6 nitrogen and oxygen atoms in total. The van der Waals surface area contributed by atoms with Gasteiger partial charge < -0.3 is 19.6 Å². The Morgan fingerprint density at radius 3 is 2.58 bits per heavy atom. The van der Waals surface area contributed by atoms with E-state index in [1.165, 1.54) is 26.0 Å². The van der Waals surface area contributed by atoms with E-state index >= 15 is 0 Å². The van der Waals surface area contributed by atoms with E-state index in [4.69, 9.17) is 14.3 Å². The lowest BCUT2D eigenvalue weighted by atomic mass is 10.2. The van der Waals surface area contributed by atoms with Crippen LogP contribution in [0.5, 0.6) is 5.75 Å². The number of hydrogen-bond donors (Lipinski definition) is 2. The first kappa shape index (κ1) is 17.5. The van der Waals surface area contributed by atoms with E-state index in [2.05, 4.69) is 5.32 Å². The first-order valence-electron chi connectivity index (χ1n) is 7.00. The predicted octanol–water partition coefficient (Wildman–Crippen LogP) is 2.65. The normalized spacial score (nSPS) is 11.8. The maximum atomic E-state index is 13.1. The zero-order chi connectivity index (χ0) is 17.9. The zero-order valence-corrected chi connectivity index (χ0v) is 12.9. The molecule has 0 fully saturated rings. The summed E-state index contributed by atoms with van der Waals surface area (Å²) in [6.45, 7) is 2.91. The van der Waals surface area contributed by atoms with Crippen molar-refractivity contribution in [1.82, 2.24) is 5.32 Å². The van der Waals surface area contributed by atoms with Gasteiger partial charge in [0.05, 0.1) is 6.54 Å². The van der Waals surface area contributed by atoms with Gasteiger partial charge in [-0.15, -0.1) is 0 Å². The molecule has 0 spiro atoms. The van der Waals surface area contributed by atoms with E-state index in [0.29, 0.717) is 0 Å². The fourth-order valence-corrected chi connectivity index (χ4v) is 1.97. The summed E-state index contributed by atoms with van der Waals surface area (Å²) in [5.41, 5.74) is 0.0188. The molecule has 1 unspecified atom stereocenters. The van der Waals surface area contributed by atoms with Crippen LogP contribution in [0, 0.1) is 18.6 Å². The average molecular weight is 339 g/mol. The van der Waals surface area contributed by atoms with Crippen molar-refractivity contribution in [1.29, 1.82) is 0 Å². The number of carbonyl (C=O) groups excluding carboxylic acids is 1. The molecule has 8 heteroatoms. The molecule has 128 valence electrons. The van der Waals surface area contributed by atoms with Crippen LogP contribution in [0.15, 0.2) is 28.7 Å². The highest BCUT2D eigenvalue weighted by Gasteiger charge is 2.18. The molecule has 1 heterocycles. The molecule has 2 N–H and O–H groups in total. The topological polar surface area (TPSA) is 88.8 Å². The number of amides is 1. The summed E-state index contributed by atoms with van der Waals surface area (Å²) in [6.07, 6.45) is -0.968. The van der Waals surface area contributed by atoms with Gasteiger partial charge in [-0.2, -0.15) is 0 Å². The summed E-state index contributed by atoms with van der Waals surface area (Å²) in [7, 11) is 0. The molecule has 0 bridgehead atoms. The van der Waals surface area contributed by atoms with Crippen molar-refractivity contribution < 1.29 is 32.6 Å². The number of carboxylic acids is 1. The Balaban J connectivity index is 1.93. The van der Waals surface area contributed by atoms with Crippen molar-refractivity contribution in [3.05, 3.63) is 53.0 Å². The van der Waals surface area contributed by atoms with Gasteiger partial charge in [0.2, 0.25) is 0 Å². The van der Waals surface area contributed by atoms with Gasteiger partial charge in [-0.05, 0) is 32.0 Å². The maximum Gasteiger partial charge on any atom is 0.339 e. The molecule has 0 saturated carbocycles. The van der Waals surface area contributed by atoms with Gasteiger partial charge >= 0.3 is 5.97 Å². The number of aryl methyl sites for hydroxylation is 1. The zero-order valence-electron chi connectivity index (χ0n) is 12.9. The molecule has 0 aliphatic carbocycles. The largest absolute Gasteiger partial charge is 0.481 e. The van der Waals surface area contributed by atoms with Crippen LogP contribution in [0.4, 0.5) is 8.78 Å². The lowest BCUT2D eigenvalue weighted by Gasteiger charge is -2.14. The number of carboxylic acid groups (broad SMARTS) is 1. The van der Waals surface area contributed by atoms with Crippen molar-refractivity contribution in [2.75, 3.05) is 0 Å². The summed E-state index contributed by atoms with van der Waals surface area (Å²) in [5, 5.41) is 11.4. The number of ether oxygens (including phenoxy) is 1. The van der Waals surface area contributed by atoms with Crippen LogP contribution in [-0.2, 0) is 11.3 Å². The molecule has 1 atom stereocenters. The van der Waals surface area contributed by atoms with Crippen molar-refractivity contribution in [3.63, 3.8) is 0 Å². The van der Waals surface area contributed by atoms with E-state index in [9.17, 15) is 18.4 Å². The number of furan rings is 1. The van der Waals surface area contributed by atoms with Gasteiger partial charge in [0.15, 0.2) is 17.7 Å². The van der Waals surface area contributed by atoms with Crippen molar-refractivity contribution in [3.8, 4) is 5.75 Å². The Labute approximate surface area is 136 Å². The Bertz CT molecular complexity index is 772. The smallest absolute Gasteiger partial charge is 0.339 e. The van der Waals surface area contributed by atoms with Gasteiger partial charge in [-0.25, -0.2) is 13.6 Å². The summed E-state index contributed by atoms with van der Waals surface area (Å²) in [5.74, 6) is -3.21. The van der Waals surface area contributed by atoms with E-state index in [1.54, 1.807) is 0 Å². The summed E-state index contributed by atoms with van der Waals surface area (Å²) >= 11 is 0. The molecule has 1 aromatic carbocycles. The Kier molecular flexibility index (Phi) is 5.18. The van der Waals surface area contributed by atoms with Crippen LogP contribution in [0.3, 0.4) is 0 Å². The van der Waals surface area contributed by atoms with Gasteiger partial charge in [0.25, 0.3) is 5.91 Å². The number of carbonyl (C=O) groups is 2. The first-order chi connectivity index (χ1) is 11.3. The summed E-state index contributed by atoms with van der Waals surface area (Å²) in [4.78, 5) is 22.8. The Morgan fingerprint density at radius 1 is 1.29 bits per heavy atom. The molecule has 0 radical (unpaired) electrons. The van der Waals surface area contributed by atoms with E-state index in [-0.39, 0.29) is 29.4 Å². The third kappa shape index (κ3) is 4.09.